The molecule has 10 heteroatoms. The quantitative estimate of drug-likeness (QED) is 0.655. The SMILES string of the molecule is Cc1nn(Cc2ccc(Cl)cc2Cl)c(C)c1NC(=O)c1cnn(C)c1C(=O)O. The molecule has 3 rings (SSSR count). The summed E-state index contributed by atoms with van der Waals surface area (Å²) in [7, 11) is 1.46. The van der Waals surface area contributed by atoms with Crippen LogP contribution in [-0.2, 0) is 13.6 Å². The molecule has 0 aliphatic rings. The highest BCUT2D eigenvalue weighted by atomic mass is 35.5. The molecule has 0 aliphatic carbocycles. The van der Waals surface area contributed by atoms with Crippen molar-refractivity contribution in [3.63, 3.8) is 0 Å². The first-order valence-electron chi connectivity index (χ1n) is 8.23. The number of benzene rings is 1. The van der Waals surface area contributed by atoms with Crippen LogP contribution >= 0.6 is 23.2 Å². The number of carboxylic acids is 1. The van der Waals surface area contributed by atoms with Crippen LogP contribution in [0.5, 0.6) is 0 Å². The molecule has 0 bridgehead atoms. The van der Waals surface area contributed by atoms with Gasteiger partial charge in [0.2, 0.25) is 0 Å². The molecule has 1 amide bonds. The molecule has 0 spiro atoms. The molecule has 146 valence electrons. The second kappa shape index (κ2) is 7.65. The lowest BCUT2D eigenvalue weighted by Gasteiger charge is -2.09. The average molecular weight is 422 g/mol. The van der Waals surface area contributed by atoms with E-state index in [1.807, 2.05) is 6.07 Å². The lowest BCUT2D eigenvalue weighted by Crippen LogP contribution is -2.18. The molecule has 0 saturated heterocycles. The minimum absolute atomic E-state index is 0.0257. The summed E-state index contributed by atoms with van der Waals surface area (Å²) in [6.45, 7) is 3.95. The molecule has 8 nitrogen and oxygen atoms in total. The van der Waals surface area contributed by atoms with Gasteiger partial charge in [-0.2, -0.15) is 10.2 Å². The van der Waals surface area contributed by atoms with Gasteiger partial charge in [-0.3, -0.25) is 14.2 Å². The molecule has 0 aliphatic heterocycles. The maximum atomic E-state index is 12.6. The van der Waals surface area contributed by atoms with E-state index in [1.54, 1.807) is 30.7 Å². The Morgan fingerprint density at radius 3 is 2.61 bits per heavy atom. The topological polar surface area (TPSA) is 102 Å². The molecule has 2 N–H and O–H groups in total. The number of hydrogen-bond donors (Lipinski definition) is 2. The van der Waals surface area contributed by atoms with Crippen molar-refractivity contribution >= 4 is 40.8 Å². The molecular formula is C18H17Cl2N5O3. The van der Waals surface area contributed by atoms with Crippen molar-refractivity contribution in [1.82, 2.24) is 19.6 Å². The zero-order chi connectivity index (χ0) is 20.6. The van der Waals surface area contributed by atoms with Gasteiger partial charge in [0.1, 0.15) is 0 Å². The van der Waals surface area contributed by atoms with Gasteiger partial charge in [-0.1, -0.05) is 29.3 Å². The number of nitrogens with zero attached hydrogens (tertiary/aromatic N) is 4. The van der Waals surface area contributed by atoms with Crippen LogP contribution in [0.15, 0.2) is 24.4 Å². The van der Waals surface area contributed by atoms with E-state index in [4.69, 9.17) is 23.2 Å². The van der Waals surface area contributed by atoms with Crippen molar-refractivity contribution in [2.45, 2.75) is 20.4 Å². The molecule has 1 aromatic carbocycles. The first-order chi connectivity index (χ1) is 13.2. The number of carbonyl (C=O) groups excluding carboxylic acids is 1. The Morgan fingerprint density at radius 1 is 1.25 bits per heavy atom. The summed E-state index contributed by atoms with van der Waals surface area (Å²) in [6.07, 6.45) is 1.22. The number of carbonyl (C=O) groups is 2. The number of rotatable bonds is 5. The summed E-state index contributed by atoms with van der Waals surface area (Å²) in [4.78, 5) is 24.0. The summed E-state index contributed by atoms with van der Waals surface area (Å²) < 4.78 is 2.85. The Bertz CT molecular complexity index is 1090. The smallest absolute Gasteiger partial charge is 0.354 e. The molecule has 0 atom stereocenters. The maximum Gasteiger partial charge on any atom is 0.354 e. The fourth-order valence-corrected chi connectivity index (χ4v) is 3.35. The molecule has 2 heterocycles. The summed E-state index contributed by atoms with van der Waals surface area (Å²) in [5.41, 5.74) is 2.43. The highest BCUT2D eigenvalue weighted by Crippen LogP contribution is 2.25. The Kier molecular flexibility index (Phi) is 5.44. The van der Waals surface area contributed by atoms with Crippen LogP contribution < -0.4 is 5.32 Å². The molecule has 0 unspecified atom stereocenters. The first-order valence-corrected chi connectivity index (χ1v) is 8.99. The molecule has 28 heavy (non-hydrogen) atoms. The highest BCUT2D eigenvalue weighted by molar-refractivity contribution is 6.35. The van der Waals surface area contributed by atoms with Crippen molar-refractivity contribution in [1.29, 1.82) is 0 Å². The number of aromatic nitrogens is 4. The normalized spacial score (nSPS) is 10.9. The Hall–Kier alpha value is -2.84. The second-order valence-corrected chi connectivity index (χ2v) is 7.07. The van der Waals surface area contributed by atoms with Gasteiger partial charge in [0.15, 0.2) is 5.69 Å². The third-order valence-corrected chi connectivity index (χ3v) is 4.93. The fourth-order valence-electron chi connectivity index (χ4n) is 2.88. The van der Waals surface area contributed by atoms with E-state index in [2.05, 4.69) is 15.5 Å². The van der Waals surface area contributed by atoms with Gasteiger partial charge in [0, 0.05) is 17.1 Å². The number of carboxylic acid groups (broad SMARTS) is 1. The predicted octanol–water partition coefficient (Wildman–Crippen LogP) is 3.54. The van der Waals surface area contributed by atoms with Crippen LogP contribution in [0.4, 0.5) is 5.69 Å². The molecular weight excluding hydrogens is 405 g/mol. The molecule has 0 saturated carbocycles. The molecule has 3 aromatic rings. The lowest BCUT2D eigenvalue weighted by atomic mass is 10.2. The van der Waals surface area contributed by atoms with E-state index in [1.165, 1.54) is 13.2 Å². The summed E-state index contributed by atoms with van der Waals surface area (Å²) >= 11 is 12.2. The van der Waals surface area contributed by atoms with Crippen molar-refractivity contribution < 1.29 is 14.7 Å². The van der Waals surface area contributed by atoms with Crippen molar-refractivity contribution in [2.75, 3.05) is 5.32 Å². The largest absolute Gasteiger partial charge is 0.477 e. The van der Waals surface area contributed by atoms with E-state index in [-0.39, 0.29) is 11.3 Å². The number of aromatic carboxylic acids is 1. The van der Waals surface area contributed by atoms with Gasteiger partial charge in [0.05, 0.1) is 35.4 Å². The number of anilines is 1. The van der Waals surface area contributed by atoms with Gasteiger partial charge in [-0.15, -0.1) is 0 Å². The van der Waals surface area contributed by atoms with Crippen LogP contribution in [0.2, 0.25) is 10.0 Å². The predicted molar refractivity (Wildman–Crippen MR) is 105 cm³/mol. The monoisotopic (exact) mass is 421 g/mol. The Labute approximate surface area is 170 Å². The Morgan fingerprint density at radius 2 is 1.96 bits per heavy atom. The van der Waals surface area contributed by atoms with Gasteiger partial charge >= 0.3 is 5.97 Å². The van der Waals surface area contributed by atoms with E-state index in [0.29, 0.717) is 33.7 Å². The van der Waals surface area contributed by atoms with Crippen LogP contribution in [0.3, 0.4) is 0 Å². The number of amides is 1. The summed E-state index contributed by atoms with van der Waals surface area (Å²) in [5.74, 6) is -1.80. The minimum atomic E-state index is -1.23. The average Bonchev–Trinajstić information content (AvgIpc) is 3.12. The molecule has 0 fully saturated rings. The highest BCUT2D eigenvalue weighted by Gasteiger charge is 2.23. The third-order valence-electron chi connectivity index (χ3n) is 4.34. The standard InChI is InChI=1S/C18H17Cl2N5O3/c1-9-15(22-17(26)13-7-21-24(3)16(13)18(27)28)10(2)25(23-9)8-11-4-5-12(19)6-14(11)20/h4-7H,8H2,1-3H3,(H,22,26)(H,27,28). The minimum Gasteiger partial charge on any atom is -0.477 e. The summed E-state index contributed by atoms with van der Waals surface area (Å²) in [5, 5.41) is 21.4. The maximum absolute atomic E-state index is 12.6. The zero-order valence-corrected chi connectivity index (χ0v) is 16.8. The van der Waals surface area contributed by atoms with Crippen molar-refractivity contribution in [3.8, 4) is 0 Å². The Balaban J connectivity index is 1.88. The van der Waals surface area contributed by atoms with Crippen molar-refractivity contribution in [3.05, 3.63) is 62.6 Å². The van der Waals surface area contributed by atoms with Gasteiger partial charge in [0.25, 0.3) is 5.91 Å². The van der Waals surface area contributed by atoms with Gasteiger partial charge < -0.3 is 10.4 Å². The van der Waals surface area contributed by atoms with E-state index in [0.717, 1.165) is 10.2 Å². The number of hydrogen-bond acceptors (Lipinski definition) is 4. The molecule has 2 aromatic heterocycles. The number of nitrogens with one attached hydrogen (secondary N) is 1. The van der Waals surface area contributed by atoms with Crippen LogP contribution in [0, 0.1) is 13.8 Å². The third kappa shape index (κ3) is 3.74. The number of aryl methyl sites for hydroxylation is 2. The van der Waals surface area contributed by atoms with E-state index in [9.17, 15) is 14.7 Å². The number of halogens is 2. The van der Waals surface area contributed by atoms with Crippen LogP contribution in [0.25, 0.3) is 0 Å². The summed E-state index contributed by atoms with van der Waals surface area (Å²) in [6, 6.07) is 5.21. The van der Waals surface area contributed by atoms with Crippen LogP contribution in [-0.4, -0.2) is 36.5 Å². The lowest BCUT2D eigenvalue weighted by molar-refractivity contribution is 0.0680. The van der Waals surface area contributed by atoms with E-state index < -0.39 is 11.9 Å². The second-order valence-electron chi connectivity index (χ2n) is 6.23. The molecule has 0 radical (unpaired) electrons. The van der Waals surface area contributed by atoms with Crippen LogP contribution in [0.1, 0.15) is 37.8 Å². The first kappa shape index (κ1) is 19.9. The van der Waals surface area contributed by atoms with Crippen molar-refractivity contribution in [2.24, 2.45) is 7.05 Å². The fraction of sp³-hybridized carbons (Fsp3) is 0.222. The zero-order valence-electron chi connectivity index (χ0n) is 15.3. The van der Waals surface area contributed by atoms with Gasteiger partial charge in [-0.05, 0) is 31.5 Å². The van der Waals surface area contributed by atoms with E-state index >= 15 is 0 Å². The van der Waals surface area contributed by atoms with Gasteiger partial charge in [-0.25, -0.2) is 4.79 Å².